The van der Waals surface area contributed by atoms with Crippen molar-refractivity contribution in [3.63, 3.8) is 0 Å². The highest BCUT2D eigenvalue weighted by molar-refractivity contribution is 5.58. The molecule has 1 aromatic heterocycles. The molecule has 2 rings (SSSR count). The normalized spacial score (nSPS) is 10.4. The fourth-order valence-corrected chi connectivity index (χ4v) is 1.80. The summed E-state index contributed by atoms with van der Waals surface area (Å²) in [6.45, 7) is 2.12. The molecular weight excluding hydrogens is 297 g/mol. The van der Waals surface area contributed by atoms with Crippen LogP contribution in [0.4, 0.5) is 4.39 Å². The average Bonchev–Trinajstić information content (AvgIpc) is 2.92. The summed E-state index contributed by atoms with van der Waals surface area (Å²) in [4.78, 5) is 0. The lowest BCUT2D eigenvalue weighted by Crippen LogP contribution is -3.00. The molecule has 0 spiro atoms. The number of furan rings is 1. The van der Waals surface area contributed by atoms with Crippen molar-refractivity contribution >= 4 is 0 Å². The summed E-state index contributed by atoms with van der Waals surface area (Å²) in [6, 6.07) is 10.1. The highest BCUT2D eigenvalue weighted by Gasteiger charge is 2.08. The number of aliphatic hydroxyl groups is 1. The van der Waals surface area contributed by atoms with Gasteiger partial charge in [-0.25, -0.2) is 4.39 Å². The Hall–Kier alpha value is -1.40. The second kappa shape index (κ2) is 9.52. The number of rotatable bonds is 8. The van der Waals surface area contributed by atoms with E-state index in [0.717, 1.165) is 5.76 Å². The number of nitrogens with one attached hydrogen (secondary N) is 1. The van der Waals surface area contributed by atoms with Crippen LogP contribution < -0.4 is 17.7 Å². The zero-order valence-electron chi connectivity index (χ0n) is 11.5. The van der Waals surface area contributed by atoms with Crippen LogP contribution in [0.25, 0.3) is 11.3 Å². The molecule has 1 heterocycles. The summed E-state index contributed by atoms with van der Waals surface area (Å²) in [5.41, 5.74) is 0.463. The largest absolute Gasteiger partial charge is 1.00 e. The summed E-state index contributed by atoms with van der Waals surface area (Å²) in [5.74, 6) is 0.973. The molecule has 0 bridgehead atoms. The highest BCUT2D eigenvalue weighted by atomic mass is 35.5. The molecule has 6 heteroatoms. The predicted octanol–water partition coefficient (Wildman–Crippen LogP) is -0.812. The van der Waals surface area contributed by atoms with Crippen LogP contribution in [0.15, 0.2) is 40.8 Å². The number of aliphatic hydroxyl groups excluding tert-OH is 1. The SMILES string of the molecule is OCCOCCNCc1ccc(-c2ccccc2F)o1.[Cl-]. The molecule has 116 valence electrons. The second-order valence-corrected chi connectivity index (χ2v) is 4.26. The Kier molecular flexibility index (Phi) is 8.00. The average molecular weight is 315 g/mol. The molecule has 0 radical (unpaired) electrons. The van der Waals surface area contributed by atoms with Crippen molar-refractivity contribution in [3.05, 3.63) is 48.0 Å². The van der Waals surface area contributed by atoms with Crippen molar-refractivity contribution in [2.45, 2.75) is 6.54 Å². The minimum Gasteiger partial charge on any atom is -1.00 e. The zero-order valence-corrected chi connectivity index (χ0v) is 12.3. The van der Waals surface area contributed by atoms with Gasteiger partial charge >= 0.3 is 0 Å². The molecule has 0 atom stereocenters. The lowest BCUT2D eigenvalue weighted by molar-refractivity contribution is -0.00000645. The Morgan fingerprint density at radius 3 is 2.71 bits per heavy atom. The smallest absolute Gasteiger partial charge is 0.137 e. The Morgan fingerprint density at radius 2 is 1.95 bits per heavy atom. The first-order valence-corrected chi connectivity index (χ1v) is 6.54. The molecule has 0 amide bonds. The Balaban J connectivity index is 0.00000220. The Morgan fingerprint density at radius 1 is 1.14 bits per heavy atom. The van der Waals surface area contributed by atoms with Gasteiger partial charge in [0.15, 0.2) is 0 Å². The predicted molar refractivity (Wildman–Crippen MR) is 73.7 cm³/mol. The van der Waals surface area contributed by atoms with E-state index in [4.69, 9.17) is 14.3 Å². The number of hydrogen-bond acceptors (Lipinski definition) is 4. The third-order valence-electron chi connectivity index (χ3n) is 2.76. The molecule has 0 aliphatic rings. The molecule has 0 aliphatic carbocycles. The van der Waals surface area contributed by atoms with Crippen molar-refractivity contribution in [2.75, 3.05) is 26.4 Å². The minimum absolute atomic E-state index is 0. The fourth-order valence-electron chi connectivity index (χ4n) is 1.80. The van der Waals surface area contributed by atoms with Crippen molar-refractivity contribution in [2.24, 2.45) is 0 Å². The Bertz CT molecular complexity index is 533. The lowest BCUT2D eigenvalue weighted by atomic mass is 10.1. The van der Waals surface area contributed by atoms with E-state index in [2.05, 4.69) is 5.32 Å². The van der Waals surface area contributed by atoms with E-state index in [0.29, 0.717) is 37.6 Å². The van der Waals surface area contributed by atoms with Gasteiger partial charge in [0.25, 0.3) is 0 Å². The van der Waals surface area contributed by atoms with Gasteiger partial charge < -0.3 is 32.0 Å². The maximum Gasteiger partial charge on any atom is 0.137 e. The highest BCUT2D eigenvalue weighted by Crippen LogP contribution is 2.24. The van der Waals surface area contributed by atoms with Gasteiger partial charge in [-0.05, 0) is 24.3 Å². The quantitative estimate of drug-likeness (QED) is 0.626. The van der Waals surface area contributed by atoms with Crippen LogP contribution in [-0.2, 0) is 11.3 Å². The van der Waals surface area contributed by atoms with Gasteiger partial charge in [-0.15, -0.1) is 0 Å². The molecular formula is C15H18ClFNO3-. The molecule has 4 nitrogen and oxygen atoms in total. The molecule has 0 aliphatic heterocycles. The summed E-state index contributed by atoms with van der Waals surface area (Å²) < 4.78 is 24.3. The molecule has 2 N–H and O–H groups in total. The van der Waals surface area contributed by atoms with Crippen LogP contribution in [0, 0.1) is 5.82 Å². The number of ether oxygens (including phenoxy) is 1. The van der Waals surface area contributed by atoms with E-state index >= 15 is 0 Å². The number of benzene rings is 1. The molecule has 0 saturated heterocycles. The first-order valence-electron chi connectivity index (χ1n) is 6.54. The standard InChI is InChI=1S/C15H18FNO3.ClH/c16-14-4-2-1-3-13(14)15-6-5-12(20-15)11-17-7-9-19-10-8-18;/h1-6,17-18H,7-11H2;1H/p-1. The van der Waals surface area contributed by atoms with Gasteiger partial charge in [0.05, 0.1) is 31.9 Å². The topological polar surface area (TPSA) is 54.6 Å². The molecule has 0 unspecified atom stereocenters. The third kappa shape index (κ3) is 5.47. The molecule has 21 heavy (non-hydrogen) atoms. The van der Waals surface area contributed by atoms with Crippen LogP contribution in [0.5, 0.6) is 0 Å². The van der Waals surface area contributed by atoms with Gasteiger partial charge in [0.1, 0.15) is 17.3 Å². The van der Waals surface area contributed by atoms with E-state index in [1.807, 2.05) is 6.07 Å². The van der Waals surface area contributed by atoms with Gasteiger partial charge in [0.2, 0.25) is 0 Å². The molecule has 0 fully saturated rings. The van der Waals surface area contributed by atoms with Crippen molar-refractivity contribution in [3.8, 4) is 11.3 Å². The monoisotopic (exact) mass is 314 g/mol. The molecule has 2 aromatic rings. The summed E-state index contributed by atoms with van der Waals surface area (Å²) >= 11 is 0. The molecule has 0 saturated carbocycles. The van der Waals surface area contributed by atoms with Crippen LogP contribution in [0.3, 0.4) is 0 Å². The zero-order chi connectivity index (χ0) is 14.2. The van der Waals surface area contributed by atoms with E-state index < -0.39 is 0 Å². The molecule has 1 aromatic carbocycles. The van der Waals surface area contributed by atoms with E-state index in [1.165, 1.54) is 6.07 Å². The summed E-state index contributed by atoms with van der Waals surface area (Å²) in [7, 11) is 0. The van der Waals surface area contributed by atoms with Gasteiger partial charge in [-0.1, -0.05) is 12.1 Å². The van der Waals surface area contributed by atoms with Crippen LogP contribution >= 0.6 is 0 Å². The second-order valence-electron chi connectivity index (χ2n) is 4.26. The van der Waals surface area contributed by atoms with E-state index in [1.54, 1.807) is 24.3 Å². The van der Waals surface area contributed by atoms with Crippen molar-refractivity contribution in [1.82, 2.24) is 5.32 Å². The van der Waals surface area contributed by atoms with Crippen LogP contribution in [0.1, 0.15) is 5.76 Å². The summed E-state index contributed by atoms with van der Waals surface area (Å²) in [6.07, 6.45) is 0. The van der Waals surface area contributed by atoms with Crippen molar-refractivity contribution in [1.29, 1.82) is 0 Å². The van der Waals surface area contributed by atoms with Crippen LogP contribution in [0.2, 0.25) is 0 Å². The van der Waals surface area contributed by atoms with Gasteiger partial charge in [-0.3, -0.25) is 0 Å². The fraction of sp³-hybridized carbons (Fsp3) is 0.333. The number of halogens is 2. The maximum absolute atomic E-state index is 13.6. The van der Waals surface area contributed by atoms with Gasteiger partial charge in [-0.2, -0.15) is 0 Å². The Labute approximate surface area is 129 Å². The third-order valence-corrected chi connectivity index (χ3v) is 2.76. The summed E-state index contributed by atoms with van der Waals surface area (Å²) in [5, 5.41) is 11.7. The van der Waals surface area contributed by atoms with E-state index in [-0.39, 0.29) is 24.8 Å². The van der Waals surface area contributed by atoms with Crippen molar-refractivity contribution < 1.29 is 31.1 Å². The maximum atomic E-state index is 13.6. The van der Waals surface area contributed by atoms with E-state index in [9.17, 15) is 4.39 Å². The minimum atomic E-state index is -0.293. The first-order chi connectivity index (χ1) is 9.81. The first kappa shape index (κ1) is 17.7. The van der Waals surface area contributed by atoms with Gasteiger partial charge in [0, 0.05) is 6.54 Å². The lowest BCUT2D eigenvalue weighted by Gasteiger charge is -2.03. The van der Waals surface area contributed by atoms with Crippen LogP contribution in [-0.4, -0.2) is 31.5 Å². The number of hydrogen-bond donors (Lipinski definition) is 2.